The van der Waals surface area contributed by atoms with Gasteiger partial charge in [-0.3, -0.25) is 9.59 Å². The molecule has 7 heteroatoms. The van der Waals surface area contributed by atoms with Crippen LogP contribution in [0.15, 0.2) is 16.7 Å². The summed E-state index contributed by atoms with van der Waals surface area (Å²) in [7, 11) is 1.69. The first-order valence-corrected chi connectivity index (χ1v) is 6.83. The number of halogens is 1. The van der Waals surface area contributed by atoms with Gasteiger partial charge in [-0.15, -0.1) is 0 Å². The average Bonchev–Trinajstić information content (AvgIpc) is 2.41. The Morgan fingerprint density at radius 2 is 2.37 bits per heavy atom. The van der Waals surface area contributed by atoms with Crippen molar-refractivity contribution < 1.29 is 9.59 Å². The standard InChI is InChI=1S/C12H15BrN4O2/c1-14-10-8(5-7(13)6-16-10)11(18)17-9-3-2-4-15-12(9)19/h5-6,9H,2-4H2,1H3,(H,14,16)(H,15,19)(H,17,18). The fourth-order valence-corrected chi connectivity index (χ4v) is 2.29. The van der Waals surface area contributed by atoms with Gasteiger partial charge in [0.15, 0.2) is 0 Å². The molecule has 6 nitrogen and oxygen atoms in total. The van der Waals surface area contributed by atoms with Crippen LogP contribution in [0.25, 0.3) is 0 Å². The van der Waals surface area contributed by atoms with Gasteiger partial charge < -0.3 is 16.0 Å². The molecular formula is C12H15BrN4O2. The Labute approximate surface area is 119 Å². The molecule has 0 radical (unpaired) electrons. The molecule has 0 aliphatic carbocycles. The van der Waals surface area contributed by atoms with Gasteiger partial charge in [-0.1, -0.05) is 0 Å². The maximum atomic E-state index is 12.2. The number of nitrogens with one attached hydrogen (secondary N) is 3. The van der Waals surface area contributed by atoms with Crippen LogP contribution in [-0.2, 0) is 4.79 Å². The van der Waals surface area contributed by atoms with Gasteiger partial charge in [0.25, 0.3) is 5.91 Å². The van der Waals surface area contributed by atoms with E-state index in [4.69, 9.17) is 0 Å². The molecule has 1 saturated heterocycles. The highest BCUT2D eigenvalue weighted by Gasteiger charge is 2.25. The van der Waals surface area contributed by atoms with E-state index in [1.807, 2.05) is 0 Å². The normalized spacial score (nSPS) is 18.6. The van der Waals surface area contributed by atoms with Gasteiger partial charge in [0.1, 0.15) is 11.9 Å². The minimum Gasteiger partial charge on any atom is -0.372 e. The summed E-state index contributed by atoms with van der Waals surface area (Å²) in [5, 5.41) is 8.33. The number of anilines is 1. The monoisotopic (exact) mass is 326 g/mol. The Morgan fingerprint density at radius 1 is 1.58 bits per heavy atom. The Bertz CT molecular complexity index is 507. The highest BCUT2D eigenvalue weighted by molar-refractivity contribution is 9.10. The molecule has 1 aliphatic heterocycles. The first-order chi connectivity index (χ1) is 9.11. The van der Waals surface area contributed by atoms with Crippen LogP contribution in [0.4, 0.5) is 5.82 Å². The largest absolute Gasteiger partial charge is 0.372 e. The minimum atomic E-state index is -0.468. The van der Waals surface area contributed by atoms with Crippen molar-refractivity contribution in [3.8, 4) is 0 Å². The van der Waals surface area contributed by atoms with Crippen molar-refractivity contribution in [1.29, 1.82) is 0 Å². The van der Waals surface area contributed by atoms with E-state index in [-0.39, 0.29) is 11.8 Å². The molecule has 1 atom stereocenters. The lowest BCUT2D eigenvalue weighted by molar-refractivity contribution is -0.124. The minimum absolute atomic E-state index is 0.131. The number of carbonyl (C=O) groups is 2. The molecule has 1 aromatic rings. The SMILES string of the molecule is CNc1ncc(Br)cc1C(=O)NC1CCCNC1=O. The lowest BCUT2D eigenvalue weighted by Crippen LogP contribution is -2.50. The fourth-order valence-electron chi connectivity index (χ4n) is 1.96. The van der Waals surface area contributed by atoms with E-state index in [1.165, 1.54) is 0 Å². The van der Waals surface area contributed by atoms with E-state index in [1.54, 1.807) is 19.3 Å². The van der Waals surface area contributed by atoms with E-state index in [2.05, 4.69) is 36.9 Å². The summed E-state index contributed by atoms with van der Waals surface area (Å²) in [5.41, 5.74) is 0.412. The Balaban J connectivity index is 2.15. The van der Waals surface area contributed by atoms with Crippen LogP contribution >= 0.6 is 15.9 Å². The third-order valence-electron chi connectivity index (χ3n) is 2.93. The topological polar surface area (TPSA) is 83.1 Å². The van der Waals surface area contributed by atoms with Gasteiger partial charge >= 0.3 is 0 Å². The second-order valence-electron chi connectivity index (χ2n) is 4.26. The van der Waals surface area contributed by atoms with Gasteiger partial charge in [0.05, 0.1) is 5.56 Å². The fraction of sp³-hybridized carbons (Fsp3) is 0.417. The number of piperidine rings is 1. The number of carbonyl (C=O) groups excluding carboxylic acids is 2. The molecule has 0 saturated carbocycles. The van der Waals surface area contributed by atoms with E-state index in [0.29, 0.717) is 28.8 Å². The van der Waals surface area contributed by atoms with E-state index >= 15 is 0 Å². The summed E-state index contributed by atoms with van der Waals surface area (Å²) in [6.07, 6.45) is 3.14. The zero-order valence-corrected chi connectivity index (χ0v) is 12.1. The molecule has 1 unspecified atom stereocenters. The zero-order valence-electron chi connectivity index (χ0n) is 10.5. The molecule has 2 amide bonds. The van der Waals surface area contributed by atoms with Crippen molar-refractivity contribution in [2.24, 2.45) is 0 Å². The summed E-state index contributed by atoms with van der Waals surface area (Å²) < 4.78 is 0.713. The second-order valence-corrected chi connectivity index (χ2v) is 5.17. The number of rotatable bonds is 3. The number of hydrogen-bond donors (Lipinski definition) is 3. The summed E-state index contributed by atoms with van der Waals surface area (Å²) in [4.78, 5) is 27.9. The predicted octanol–water partition coefficient (Wildman–Crippen LogP) is 0.894. The molecule has 1 fully saturated rings. The third kappa shape index (κ3) is 3.23. The lowest BCUT2D eigenvalue weighted by atomic mass is 10.1. The van der Waals surface area contributed by atoms with Gasteiger partial charge in [0.2, 0.25) is 5.91 Å². The van der Waals surface area contributed by atoms with E-state index in [0.717, 1.165) is 6.42 Å². The van der Waals surface area contributed by atoms with Crippen LogP contribution in [0, 0.1) is 0 Å². The predicted molar refractivity (Wildman–Crippen MR) is 75.0 cm³/mol. The van der Waals surface area contributed by atoms with Gasteiger partial charge in [-0.2, -0.15) is 0 Å². The maximum absolute atomic E-state index is 12.2. The molecule has 2 rings (SSSR count). The summed E-state index contributed by atoms with van der Waals surface area (Å²) in [5.74, 6) is 0.0469. The van der Waals surface area contributed by atoms with Crippen LogP contribution in [0.1, 0.15) is 23.2 Å². The molecule has 1 aromatic heterocycles. The Hall–Kier alpha value is -1.63. The van der Waals surface area contributed by atoms with Crippen LogP contribution in [0.2, 0.25) is 0 Å². The number of nitrogens with zero attached hydrogens (tertiary/aromatic N) is 1. The van der Waals surface area contributed by atoms with Crippen molar-refractivity contribution in [1.82, 2.24) is 15.6 Å². The van der Waals surface area contributed by atoms with Crippen molar-refractivity contribution in [3.05, 3.63) is 22.3 Å². The zero-order chi connectivity index (χ0) is 13.8. The van der Waals surface area contributed by atoms with Crippen LogP contribution < -0.4 is 16.0 Å². The number of pyridine rings is 1. The van der Waals surface area contributed by atoms with E-state index in [9.17, 15) is 9.59 Å². The molecular weight excluding hydrogens is 312 g/mol. The molecule has 2 heterocycles. The quantitative estimate of drug-likeness (QED) is 0.770. The van der Waals surface area contributed by atoms with Crippen molar-refractivity contribution >= 4 is 33.6 Å². The van der Waals surface area contributed by atoms with Crippen LogP contribution in [0.3, 0.4) is 0 Å². The van der Waals surface area contributed by atoms with Crippen molar-refractivity contribution in [3.63, 3.8) is 0 Å². The molecule has 1 aliphatic rings. The van der Waals surface area contributed by atoms with Gasteiger partial charge in [-0.25, -0.2) is 4.98 Å². The third-order valence-corrected chi connectivity index (χ3v) is 3.36. The Kier molecular flexibility index (Phi) is 4.36. The first kappa shape index (κ1) is 13.8. The number of hydrogen-bond acceptors (Lipinski definition) is 4. The average molecular weight is 327 g/mol. The highest BCUT2D eigenvalue weighted by Crippen LogP contribution is 2.18. The van der Waals surface area contributed by atoms with Gasteiger partial charge in [0, 0.05) is 24.3 Å². The molecule has 19 heavy (non-hydrogen) atoms. The molecule has 3 N–H and O–H groups in total. The summed E-state index contributed by atoms with van der Waals surface area (Å²) >= 11 is 3.28. The second kappa shape index (κ2) is 6.01. The molecule has 102 valence electrons. The van der Waals surface area contributed by atoms with E-state index < -0.39 is 6.04 Å². The maximum Gasteiger partial charge on any atom is 0.255 e. The molecule has 0 aromatic carbocycles. The number of aromatic nitrogens is 1. The van der Waals surface area contributed by atoms with Crippen molar-refractivity contribution in [2.75, 3.05) is 18.9 Å². The molecule has 0 bridgehead atoms. The van der Waals surface area contributed by atoms with Crippen molar-refractivity contribution in [2.45, 2.75) is 18.9 Å². The first-order valence-electron chi connectivity index (χ1n) is 6.03. The number of amides is 2. The van der Waals surface area contributed by atoms with Gasteiger partial charge in [-0.05, 0) is 34.8 Å². The molecule has 0 spiro atoms. The summed E-state index contributed by atoms with van der Waals surface area (Å²) in [6.45, 7) is 0.672. The lowest BCUT2D eigenvalue weighted by Gasteiger charge is -2.23. The Morgan fingerprint density at radius 3 is 3.05 bits per heavy atom. The summed E-state index contributed by atoms with van der Waals surface area (Å²) in [6, 6.07) is 1.21. The highest BCUT2D eigenvalue weighted by atomic mass is 79.9. The smallest absolute Gasteiger partial charge is 0.255 e. The van der Waals surface area contributed by atoms with Crippen LogP contribution in [-0.4, -0.2) is 36.4 Å². The van der Waals surface area contributed by atoms with Crippen LogP contribution in [0.5, 0.6) is 0 Å².